The van der Waals surface area contributed by atoms with Gasteiger partial charge < -0.3 is 14.9 Å². The number of anilines is 2. The van der Waals surface area contributed by atoms with E-state index in [2.05, 4.69) is 28.7 Å². The number of nitrogens with zero attached hydrogens (tertiary/aromatic N) is 5. The Kier molecular flexibility index (Phi) is 9.65. The van der Waals surface area contributed by atoms with Crippen molar-refractivity contribution in [2.45, 2.75) is 77.2 Å². The highest BCUT2D eigenvalue weighted by Gasteiger charge is 2.39. The van der Waals surface area contributed by atoms with Gasteiger partial charge in [0.15, 0.2) is 0 Å². The molecule has 1 amide bonds. The number of rotatable bonds is 7. The largest absolute Gasteiger partial charge is 0.477 e. The smallest absolute Gasteiger partial charge is 0.348 e. The van der Waals surface area contributed by atoms with Crippen LogP contribution in [0.4, 0.5) is 11.6 Å². The Hall–Kier alpha value is -3.01. The number of sulfonamides is 1. The Morgan fingerprint density at radius 3 is 2.17 bits per heavy atom. The summed E-state index contributed by atoms with van der Waals surface area (Å²) in [5.41, 5.74) is 0.0983. The fourth-order valence-corrected chi connectivity index (χ4v) is 7.59. The van der Waals surface area contributed by atoms with Gasteiger partial charge in [-0.15, -0.1) is 11.3 Å². The highest BCUT2D eigenvalue weighted by atomic mass is 32.2. The van der Waals surface area contributed by atoms with Gasteiger partial charge in [0.05, 0.1) is 23.0 Å². The Labute approximate surface area is 253 Å². The number of piperidine rings is 1. The van der Waals surface area contributed by atoms with E-state index in [4.69, 9.17) is 0 Å². The number of carboxylic acid groups (broad SMARTS) is 1. The van der Waals surface area contributed by atoms with Crippen molar-refractivity contribution < 1.29 is 23.1 Å². The Balaban J connectivity index is 1.63. The number of carboxylic acids is 1. The first kappa shape index (κ1) is 31.9. The monoisotopic (exact) mass is 615 g/mol. The van der Waals surface area contributed by atoms with Crippen LogP contribution in [0.25, 0.3) is 0 Å². The third kappa shape index (κ3) is 7.30. The molecule has 4 rings (SSSR count). The highest BCUT2D eigenvalue weighted by Crippen LogP contribution is 2.38. The van der Waals surface area contributed by atoms with Gasteiger partial charge in [-0.2, -0.15) is 4.31 Å². The molecule has 1 saturated heterocycles. The zero-order valence-corrected chi connectivity index (χ0v) is 26.9. The number of aromatic carboxylic acids is 1. The molecule has 0 unspecified atom stereocenters. The number of hydrogen-bond acceptors (Lipinski definition) is 8. The molecule has 1 aliphatic carbocycles. The predicted octanol–water partition coefficient (Wildman–Crippen LogP) is 4.71. The molecular formula is C30H41N5O5S2. The van der Waals surface area contributed by atoms with Crippen molar-refractivity contribution in [1.82, 2.24) is 14.3 Å². The number of thiophene rings is 1. The minimum absolute atomic E-state index is 0.0175. The first-order chi connectivity index (χ1) is 19.7. The van der Waals surface area contributed by atoms with E-state index in [1.54, 1.807) is 30.0 Å². The minimum atomic E-state index is -3.83. The van der Waals surface area contributed by atoms with Gasteiger partial charge in [0.2, 0.25) is 21.9 Å². The van der Waals surface area contributed by atoms with Crippen LogP contribution < -0.4 is 9.80 Å². The topological polar surface area (TPSA) is 124 Å². The average molecular weight is 616 g/mol. The quantitative estimate of drug-likeness (QED) is 0.444. The molecule has 1 saturated carbocycles. The molecule has 10 nitrogen and oxygen atoms in total. The van der Waals surface area contributed by atoms with Crippen molar-refractivity contribution in [1.29, 1.82) is 0 Å². The average Bonchev–Trinajstić information content (AvgIpc) is 3.36. The van der Waals surface area contributed by atoms with E-state index in [1.807, 2.05) is 20.8 Å². The molecule has 1 aliphatic heterocycles. The summed E-state index contributed by atoms with van der Waals surface area (Å²) in [6.45, 7) is 8.52. The van der Waals surface area contributed by atoms with E-state index in [9.17, 15) is 23.1 Å². The van der Waals surface area contributed by atoms with E-state index in [-0.39, 0.29) is 46.1 Å². The normalized spacial score (nSPS) is 20.4. The lowest BCUT2D eigenvalue weighted by Crippen LogP contribution is -2.51. The van der Waals surface area contributed by atoms with Crippen molar-refractivity contribution in [3.8, 4) is 11.8 Å². The lowest BCUT2D eigenvalue weighted by Gasteiger charge is -2.40. The van der Waals surface area contributed by atoms with Gasteiger partial charge >= 0.3 is 5.97 Å². The molecule has 2 aromatic heterocycles. The van der Waals surface area contributed by atoms with E-state index < -0.39 is 16.0 Å². The summed E-state index contributed by atoms with van der Waals surface area (Å²) in [5, 5.41) is 10.1. The van der Waals surface area contributed by atoms with Gasteiger partial charge in [-0.25, -0.2) is 23.2 Å². The van der Waals surface area contributed by atoms with Gasteiger partial charge in [-0.3, -0.25) is 4.79 Å². The van der Waals surface area contributed by atoms with Gasteiger partial charge in [0, 0.05) is 44.6 Å². The van der Waals surface area contributed by atoms with Crippen LogP contribution in [0.3, 0.4) is 0 Å². The second-order valence-electron chi connectivity index (χ2n) is 12.5. The van der Waals surface area contributed by atoms with E-state index in [1.165, 1.54) is 16.7 Å². The van der Waals surface area contributed by atoms with Crippen LogP contribution in [0.5, 0.6) is 0 Å². The van der Waals surface area contributed by atoms with Crippen molar-refractivity contribution >= 4 is 44.9 Å². The summed E-state index contributed by atoms with van der Waals surface area (Å²) < 4.78 is 28.2. The standard InChI is InChI=1S/C30H41N5O5S2/c1-20-7-9-21(10-8-20)27(36)35(25-17-23(11-14-30(2,3)4)41-26(25)28(37)38)22-12-15-34(16-13-22)42(39,40)24-18-31-29(32-19-24)33(5)6/h17-22H,7-10,12-13,15-16H2,1-6H3,(H,37,38). The van der Waals surface area contributed by atoms with Crippen LogP contribution >= 0.6 is 11.3 Å². The van der Waals surface area contributed by atoms with Crippen molar-refractivity contribution in [2.24, 2.45) is 17.3 Å². The minimum Gasteiger partial charge on any atom is -0.477 e. The summed E-state index contributed by atoms with van der Waals surface area (Å²) in [6, 6.07) is 1.38. The lowest BCUT2D eigenvalue weighted by atomic mass is 9.82. The fourth-order valence-electron chi connectivity index (χ4n) is 5.39. The van der Waals surface area contributed by atoms with Gasteiger partial charge in [-0.1, -0.05) is 18.8 Å². The second-order valence-corrected chi connectivity index (χ2v) is 15.5. The zero-order valence-electron chi connectivity index (χ0n) is 25.3. The van der Waals surface area contributed by atoms with E-state index in [0.717, 1.165) is 37.0 Å². The molecule has 2 aliphatic rings. The Bertz CT molecular complexity index is 1450. The number of hydrogen-bond donors (Lipinski definition) is 1. The first-order valence-corrected chi connectivity index (χ1v) is 16.7. The van der Waals surface area contributed by atoms with Crippen LogP contribution in [0, 0.1) is 29.1 Å². The maximum absolute atomic E-state index is 14.1. The Morgan fingerprint density at radius 2 is 1.64 bits per heavy atom. The molecule has 0 spiro atoms. The third-order valence-electron chi connectivity index (χ3n) is 7.77. The molecular weight excluding hydrogens is 574 g/mol. The van der Waals surface area contributed by atoms with Crippen LogP contribution in [0.1, 0.15) is 80.8 Å². The Morgan fingerprint density at radius 1 is 1.05 bits per heavy atom. The maximum atomic E-state index is 14.1. The molecule has 12 heteroatoms. The molecule has 0 aromatic carbocycles. The molecule has 42 heavy (non-hydrogen) atoms. The SMILES string of the molecule is CC1CCC(C(=O)N(c2cc(C#CC(C)(C)C)sc2C(=O)O)C2CCN(S(=O)(=O)c3cnc(N(C)C)nc3)CC2)CC1. The zero-order chi connectivity index (χ0) is 30.8. The van der Waals surface area contributed by atoms with Gasteiger partial charge in [0.1, 0.15) is 9.77 Å². The number of carbonyl (C=O) groups excluding carboxylic acids is 1. The lowest BCUT2D eigenvalue weighted by molar-refractivity contribution is -0.124. The summed E-state index contributed by atoms with van der Waals surface area (Å²) >= 11 is 1.08. The third-order valence-corrected chi connectivity index (χ3v) is 10.6. The molecule has 2 aromatic rings. The van der Waals surface area contributed by atoms with Crippen molar-refractivity contribution in [3.63, 3.8) is 0 Å². The maximum Gasteiger partial charge on any atom is 0.348 e. The molecule has 2 fully saturated rings. The molecule has 0 bridgehead atoms. The summed E-state index contributed by atoms with van der Waals surface area (Å²) in [5.74, 6) is 5.86. The number of amides is 1. The van der Waals surface area contributed by atoms with Gasteiger partial charge in [0.25, 0.3) is 0 Å². The molecule has 0 radical (unpaired) electrons. The second kappa shape index (κ2) is 12.7. The number of aromatic nitrogens is 2. The van der Waals surface area contributed by atoms with Crippen LogP contribution in [0.15, 0.2) is 23.4 Å². The summed E-state index contributed by atoms with van der Waals surface area (Å²) in [6.07, 6.45) is 6.81. The van der Waals surface area contributed by atoms with E-state index in [0.29, 0.717) is 35.3 Å². The van der Waals surface area contributed by atoms with E-state index >= 15 is 0 Å². The van der Waals surface area contributed by atoms with Crippen LogP contribution in [-0.2, 0) is 14.8 Å². The molecule has 0 atom stereocenters. The predicted molar refractivity (Wildman–Crippen MR) is 164 cm³/mol. The highest BCUT2D eigenvalue weighted by molar-refractivity contribution is 7.89. The van der Waals surface area contributed by atoms with Crippen molar-refractivity contribution in [3.05, 3.63) is 28.2 Å². The summed E-state index contributed by atoms with van der Waals surface area (Å²) in [7, 11) is -0.275. The van der Waals surface area contributed by atoms with Crippen molar-refractivity contribution in [2.75, 3.05) is 37.0 Å². The molecule has 228 valence electrons. The van der Waals surface area contributed by atoms with Crippen LogP contribution in [-0.4, -0.2) is 72.9 Å². The molecule has 3 heterocycles. The first-order valence-electron chi connectivity index (χ1n) is 14.4. The van der Waals surface area contributed by atoms with Crippen LogP contribution in [0.2, 0.25) is 0 Å². The van der Waals surface area contributed by atoms with Gasteiger partial charge in [-0.05, 0) is 71.3 Å². The fraction of sp³-hybridized carbons (Fsp3) is 0.600. The summed E-state index contributed by atoms with van der Waals surface area (Å²) in [4.78, 5) is 38.9. The number of carbonyl (C=O) groups is 2. The molecule has 1 N–H and O–H groups in total.